The fourth-order valence-corrected chi connectivity index (χ4v) is 2.60. The van der Waals surface area contributed by atoms with Crippen LogP contribution < -0.4 is 4.74 Å². The maximum atomic E-state index is 12.6. The van der Waals surface area contributed by atoms with Crippen molar-refractivity contribution in [2.24, 2.45) is 0 Å². The Morgan fingerprint density at radius 3 is 2.74 bits per heavy atom. The highest BCUT2D eigenvalue weighted by Gasteiger charge is 2.20. The third-order valence-electron chi connectivity index (χ3n) is 2.84. The van der Waals surface area contributed by atoms with E-state index in [1.165, 1.54) is 0 Å². The van der Waals surface area contributed by atoms with Crippen LogP contribution >= 0.6 is 15.9 Å². The number of carbonyl (C=O) groups excluding carboxylic acids is 1. The lowest BCUT2D eigenvalue weighted by Gasteiger charge is -2.07. The van der Waals surface area contributed by atoms with E-state index in [1.807, 2.05) is 32.0 Å². The normalized spacial score (nSPS) is 10.5. The van der Waals surface area contributed by atoms with E-state index in [9.17, 15) is 4.79 Å². The van der Waals surface area contributed by atoms with Gasteiger partial charge in [0.05, 0.1) is 13.3 Å². The molecule has 1 aromatic carbocycles. The molecule has 0 unspecified atom stereocenters. The maximum absolute atomic E-state index is 12.6. The highest BCUT2D eigenvalue weighted by molar-refractivity contribution is 9.10. The SMILES string of the molecule is CCn1ncc(OC)c1C(=O)c1cc(C)cc(Br)c1. The highest BCUT2D eigenvalue weighted by Crippen LogP contribution is 2.23. The number of hydrogen-bond acceptors (Lipinski definition) is 3. The summed E-state index contributed by atoms with van der Waals surface area (Å²) in [5, 5.41) is 4.16. The van der Waals surface area contributed by atoms with Crippen LogP contribution in [0.3, 0.4) is 0 Å². The van der Waals surface area contributed by atoms with Gasteiger partial charge in [0, 0.05) is 16.6 Å². The van der Waals surface area contributed by atoms with E-state index in [-0.39, 0.29) is 5.78 Å². The quantitative estimate of drug-likeness (QED) is 0.812. The number of rotatable bonds is 4. The molecule has 1 heterocycles. The molecule has 0 aliphatic rings. The van der Waals surface area contributed by atoms with Crippen LogP contribution in [0.25, 0.3) is 0 Å². The van der Waals surface area contributed by atoms with Gasteiger partial charge in [0.1, 0.15) is 0 Å². The average molecular weight is 323 g/mol. The Bertz CT molecular complexity index is 578. The molecule has 5 heteroatoms. The zero-order chi connectivity index (χ0) is 14.0. The van der Waals surface area contributed by atoms with E-state index >= 15 is 0 Å². The largest absolute Gasteiger partial charge is 0.493 e. The van der Waals surface area contributed by atoms with Crippen LogP contribution in [-0.2, 0) is 6.54 Å². The van der Waals surface area contributed by atoms with E-state index < -0.39 is 0 Å². The van der Waals surface area contributed by atoms with Gasteiger partial charge in [0.2, 0.25) is 5.78 Å². The molecule has 0 aliphatic carbocycles. The molecule has 0 saturated heterocycles. The first kappa shape index (κ1) is 13.8. The van der Waals surface area contributed by atoms with Gasteiger partial charge in [-0.25, -0.2) is 0 Å². The number of hydrogen-bond donors (Lipinski definition) is 0. The number of aryl methyl sites for hydroxylation is 2. The lowest BCUT2D eigenvalue weighted by Crippen LogP contribution is -2.12. The predicted molar refractivity (Wildman–Crippen MR) is 76.8 cm³/mol. The summed E-state index contributed by atoms with van der Waals surface area (Å²) in [7, 11) is 1.54. The topological polar surface area (TPSA) is 44.1 Å². The van der Waals surface area contributed by atoms with Crippen LogP contribution in [-0.4, -0.2) is 22.7 Å². The van der Waals surface area contributed by atoms with Crippen molar-refractivity contribution in [2.45, 2.75) is 20.4 Å². The third-order valence-corrected chi connectivity index (χ3v) is 3.30. The summed E-state index contributed by atoms with van der Waals surface area (Å²) < 4.78 is 7.75. The average Bonchev–Trinajstić information content (AvgIpc) is 2.79. The first-order chi connectivity index (χ1) is 9.06. The highest BCUT2D eigenvalue weighted by atomic mass is 79.9. The lowest BCUT2D eigenvalue weighted by atomic mass is 10.1. The van der Waals surface area contributed by atoms with Crippen LogP contribution in [0.1, 0.15) is 28.5 Å². The van der Waals surface area contributed by atoms with Gasteiger partial charge in [-0.05, 0) is 37.6 Å². The van der Waals surface area contributed by atoms with Gasteiger partial charge in [-0.1, -0.05) is 15.9 Å². The van der Waals surface area contributed by atoms with Crippen LogP contribution in [0.5, 0.6) is 5.75 Å². The fourth-order valence-electron chi connectivity index (χ4n) is 1.99. The van der Waals surface area contributed by atoms with E-state index in [2.05, 4.69) is 21.0 Å². The molecule has 0 aliphatic heterocycles. The Kier molecular flexibility index (Phi) is 4.04. The molecule has 0 spiro atoms. The molecule has 0 bridgehead atoms. The number of halogens is 1. The van der Waals surface area contributed by atoms with E-state index in [4.69, 9.17) is 4.74 Å². The minimum atomic E-state index is -0.0828. The molecule has 1 aromatic heterocycles. The first-order valence-electron chi connectivity index (χ1n) is 5.98. The molecule has 4 nitrogen and oxygen atoms in total. The third kappa shape index (κ3) is 2.71. The Morgan fingerprint density at radius 2 is 2.16 bits per heavy atom. The van der Waals surface area contributed by atoms with Crippen LogP contribution in [0, 0.1) is 6.92 Å². The van der Waals surface area contributed by atoms with Gasteiger partial charge < -0.3 is 4.74 Å². The molecule has 0 radical (unpaired) electrons. The summed E-state index contributed by atoms with van der Waals surface area (Å²) in [5.41, 5.74) is 2.14. The van der Waals surface area contributed by atoms with Gasteiger partial charge in [0.25, 0.3) is 0 Å². The summed E-state index contributed by atoms with van der Waals surface area (Å²) in [6.45, 7) is 4.52. The minimum Gasteiger partial charge on any atom is -0.493 e. The molecule has 19 heavy (non-hydrogen) atoms. The van der Waals surface area contributed by atoms with Crippen LogP contribution in [0.15, 0.2) is 28.9 Å². The minimum absolute atomic E-state index is 0.0828. The van der Waals surface area contributed by atoms with Crippen molar-refractivity contribution in [1.29, 1.82) is 0 Å². The second-order valence-corrected chi connectivity index (χ2v) is 5.14. The standard InChI is InChI=1S/C14H15BrN2O2/c1-4-17-13(12(19-3)8-16-17)14(18)10-5-9(2)6-11(15)7-10/h5-8H,4H2,1-3H3. The second-order valence-electron chi connectivity index (χ2n) is 4.22. The van der Waals surface area contributed by atoms with Crippen molar-refractivity contribution < 1.29 is 9.53 Å². The second kappa shape index (κ2) is 5.57. The Hall–Kier alpha value is -1.62. The molecular weight excluding hydrogens is 308 g/mol. The zero-order valence-corrected chi connectivity index (χ0v) is 12.7. The molecule has 0 N–H and O–H groups in total. The predicted octanol–water partition coefficient (Wildman–Crippen LogP) is 3.21. The van der Waals surface area contributed by atoms with Crippen molar-refractivity contribution in [3.63, 3.8) is 0 Å². The van der Waals surface area contributed by atoms with Gasteiger partial charge >= 0.3 is 0 Å². The van der Waals surface area contributed by atoms with Crippen molar-refractivity contribution >= 4 is 21.7 Å². The molecule has 0 amide bonds. The molecule has 0 fully saturated rings. The maximum Gasteiger partial charge on any atom is 0.214 e. The van der Waals surface area contributed by atoms with Crippen molar-refractivity contribution in [3.8, 4) is 5.75 Å². The Morgan fingerprint density at radius 1 is 1.42 bits per heavy atom. The number of aromatic nitrogens is 2. The molecule has 0 atom stereocenters. The zero-order valence-electron chi connectivity index (χ0n) is 11.1. The van der Waals surface area contributed by atoms with E-state index in [1.54, 1.807) is 18.0 Å². The van der Waals surface area contributed by atoms with Gasteiger partial charge in [0.15, 0.2) is 11.4 Å². The van der Waals surface area contributed by atoms with Crippen molar-refractivity contribution in [3.05, 3.63) is 45.7 Å². The number of methoxy groups -OCH3 is 1. The summed E-state index contributed by atoms with van der Waals surface area (Å²) in [4.78, 5) is 12.6. The molecule has 2 rings (SSSR count). The molecular formula is C14H15BrN2O2. The first-order valence-corrected chi connectivity index (χ1v) is 6.77. The molecule has 0 saturated carbocycles. The van der Waals surface area contributed by atoms with E-state index in [0.29, 0.717) is 23.6 Å². The summed E-state index contributed by atoms with van der Waals surface area (Å²) in [5.74, 6) is 0.421. The van der Waals surface area contributed by atoms with Gasteiger partial charge in [-0.3, -0.25) is 9.48 Å². The van der Waals surface area contributed by atoms with E-state index in [0.717, 1.165) is 10.0 Å². The van der Waals surface area contributed by atoms with Crippen molar-refractivity contribution in [1.82, 2.24) is 9.78 Å². The monoisotopic (exact) mass is 322 g/mol. The smallest absolute Gasteiger partial charge is 0.214 e. The van der Waals surface area contributed by atoms with Gasteiger partial charge in [-0.15, -0.1) is 0 Å². The number of carbonyl (C=O) groups is 1. The summed E-state index contributed by atoms with van der Waals surface area (Å²) in [6.07, 6.45) is 1.57. The number of nitrogens with zero attached hydrogens (tertiary/aromatic N) is 2. The van der Waals surface area contributed by atoms with Crippen LogP contribution in [0.2, 0.25) is 0 Å². The fraction of sp³-hybridized carbons (Fsp3) is 0.286. The molecule has 100 valence electrons. The van der Waals surface area contributed by atoms with Gasteiger partial charge in [-0.2, -0.15) is 5.10 Å². The van der Waals surface area contributed by atoms with Crippen LogP contribution in [0.4, 0.5) is 0 Å². The van der Waals surface area contributed by atoms with Crippen molar-refractivity contribution in [2.75, 3.05) is 7.11 Å². The Balaban J connectivity index is 2.52. The number of ether oxygens (including phenoxy) is 1. The summed E-state index contributed by atoms with van der Waals surface area (Å²) >= 11 is 3.41. The Labute approximate surface area is 120 Å². The molecule has 2 aromatic rings. The number of benzene rings is 1. The number of ketones is 1. The summed E-state index contributed by atoms with van der Waals surface area (Å²) in [6, 6.07) is 5.63. The lowest BCUT2D eigenvalue weighted by molar-refractivity contribution is 0.102.